The van der Waals surface area contributed by atoms with Crippen LogP contribution in [0.15, 0.2) is 12.4 Å². The summed E-state index contributed by atoms with van der Waals surface area (Å²) in [6, 6.07) is 0.498. The Balaban J connectivity index is 1.60. The van der Waals surface area contributed by atoms with E-state index < -0.39 is 0 Å². The lowest BCUT2D eigenvalue weighted by atomic mass is 10.0. The normalized spacial score (nSPS) is 26.2. The second kappa shape index (κ2) is 5.45. The number of fused-ring (bicyclic) bond motifs is 1. The second-order valence-electron chi connectivity index (χ2n) is 6.28. The van der Waals surface area contributed by atoms with Gasteiger partial charge in [0.1, 0.15) is 0 Å². The van der Waals surface area contributed by atoms with Crippen molar-refractivity contribution < 1.29 is 0 Å². The van der Waals surface area contributed by atoms with E-state index in [4.69, 9.17) is 0 Å². The predicted octanol–water partition coefficient (Wildman–Crippen LogP) is 2.21. The Hall–Kier alpha value is -1.16. The van der Waals surface area contributed by atoms with Crippen LogP contribution in [0.25, 0.3) is 0 Å². The molecule has 4 nitrogen and oxygen atoms in total. The molecule has 1 saturated heterocycles. The first kappa shape index (κ1) is 12.9. The summed E-state index contributed by atoms with van der Waals surface area (Å²) in [5.41, 5.74) is 1.16. The first-order chi connectivity index (χ1) is 9.22. The van der Waals surface area contributed by atoms with Crippen molar-refractivity contribution in [2.75, 3.05) is 18.0 Å². The predicted molar refractivity (Wildman–Crippen MR) is 77.1 cm³/mol. The Morgan fingerprint density at radius 2 is 1.84 bits per heavy atom. The van der Waals surface area contributed by atoms with Crippen molar-refractivity contribution in [2.24, 2.45) is 11.8 Å². The van der Waals surface area contributed by atoms with Gasteiger partial charge in [0.2, 0.25) is 5.95 Å². The average Bonchev–Trinajstić information content (AvgIpc) is 2.97. The first-order valence-corrected chi connectivity index (χ1v) is 7.51. The van der Waals surface area contributed by atoms with E-state index in [-0.39, 0.29) is 0 Å². The van der Waals surface area contributed by atoms with E-state index >= 15 is 0 Å². The van der Waals surface area contributed by atoms with Gasteiger partial charge in [-0.2, -0.15) is 0 Å². The molecule has 104 valence electrons. The fraction of sp³-hybridized carbons (Fsp3) is 0.733. The number of hydrogen-bond donors (Lipinski definition) is 1. The van der Waals surface area contributed by atoms with Crippen LogP contribution in [0.2, 0.25) is 0 Å². The summed E-state index contributed by atoms with van der Waals surface area (Å²) in [5.74, 6) is 2.71. The molecule has 3 rings (SSSR count). The maximum atomic E-state index is 4.54. The Bertz CT molecular complexity index is 403. The van der Waals surface area contributed by atoms with Crippen molar-refractivity contribution in [3.63, 3.8) is 0 Å². The van der Waals surface area contributed by atoms with Crippen LogP contribution in [0.3, 0.4) is 0 Å². The van der Waals surface area contributed by atoms with Crippen LogP contribution in [0, 0.1) is 11.8 Å². The van der Waals surface area contributed by atoms with Gasteiger partial charge in [-0.25, -0.2) is 9.97 Å². The molecule has 0 radical (unpaired) electrons. The maximum absolute atomic E-state index is 4.54. The van der Waals surface area contributed by atoms with Gasteiger partial charge in [-0.15, -0.1) is 0 Å². The Labute approximate surface area is 115 Å². The van der Waals surface area contributed by atoms with Crippen molar-refractivity contribution in [1.29, 1.82) is 0 Å². The van der Waals surface area contributed by atoms with Gasteiger partial charge in [0.15, 0.2) is 0 Å². The van der Waals surface area contributed by atoms with E-state index in [1.54, 1.807) is 0 Å². The molecule has 1 aromatic heterocycles. The minimum atomic E-state index is 0.498. The lowest BCUT2D eigenvalue weighted by Gasteiger charge is -2.17. The Morgan fingerprint density at radius 1 is 1.21 bits per heavy atom. The number of rotatable bonds is 4. The molecule has 1 aliphatic carbocycles. The first-order valence-electron chi connectivity index (χ1n) is 7.51. The molecule has 2 fully saturated rings. The van der Waals surface area contributed by atoms with Gasteiger partial charge in [0.05, 0.1) is 0 Å². The third kappa shape index (κ3) is 2.89. The smallest absolute Gasteiger partial charge is 0.225 e. The van der Waals surface area contributed by atoms with Crippen molar-refractivity contribution >= 4 is 5.95 Å². The van der Waals surface area contributed by atoms with Gasteiger partial charge >= 0.3 is 0 Å². The number of nitrogens with one attached hydrogen (secondary N) is 1. The van der Waals surface area contributed by atoms with E-state index in [9.17, 15) is 0 Å². The number of nitrogens with zero attached hydrogens (tertiary/aromatic N) is 3. The topological polar surface area (TPSA) is 41.1 Å². The molecule has 0 spiro atoms. The minimum Gasteiger partial charge on any atom is -0.340 e. The molecule has 2 atom stereocenters. The summed E-state index contributed by atoms with van der Waals surface area (Å²) in [7, 11) is 0. The van der Waals surface area contributed by atoms with E-state index in [0.29, 0.717) is 6.04 Å². The Kier molecular flexibility index (Phi) is 3.69. The van der Waals surface area contributed by atoms with Crippen LogP contribution >= 0.6 is 0 Å². The molecule has 0 amide bonds. The highest BCUT2D eigenvalue weighted by Gasteiger charge is 2.36. The standard InChI is InChI=1S/C15H24N4/c1-11(2)16-6-12-7-17-15(18-8-12)19-9-13-4-3-5-14(13)10-19/h7-8,11,13-14,16H,3-6,9-10H2,1-2H3. The van der Waals surface area contributed by atoms with Gasteiger partial charge in [0.25, 0.3) is 0 Å². The summed E-state index contributed by atoms with van der Waals surface area (Å²) >= 11 is 0. The van der Waals surface area contributed by atoms with Crippen molar-refractivity contribution in [2.45, 2.75) is 45.7 Å². The largest absolute Gasteiger partial charge is 0.340 e. The fourth-order valence-electron chi connectivity index (χ4n) is 3.32. The molecule has 1 aromatic rings. The van der Waals surface area contributed by atoms with Gasteiger partial charge in [0, 0.05) is 43.6 Å². The van der Waals surface area contributed by atoms with Crippen molar-refractivity contribution in [1.82, 2.24) is 15.3 Å². The van der Waals surface area contributed by atoms with E-state index in [1.807, 2.05) is 12.4 Å². The number of hydrogen-bond acceptors (Lipinski definition) is 4. The highest BCUT2D eigenvalue weighted by Crippen LogP contribution is 2.38. The zero-order chi connectivity index (χ0) is 13.2. The summed E-state index contributed by atoms with van der Waals surface area (Å²) in [6.07, 6.45) is 8.15. The molecule has 4 heteroatoms. The highest BCUT2D eigenvalue weighted by atomic mass is 15.3. The third-order valence-corrected chi connectivity index (χ3v) is 4.42. The summed E-state index contributed by atoms with van der Waals surface area (Å²) in [6.45, 7) is 7.47. The summed E-state index contributed by atoms with van der Waals surface area (Å²) in [5, 5.41) is 3.39. The van der Waals surface area contributed by atoms with E-state index in [2.05, 4.69) is 34.0 Å². The summed E-state index contributed by atoms with van der Waals surface area (Å²) < 4.78 is 0. The molecule has 19 heavy (non-hydrogen) atoms. The monoisotopic (exact) mass is 260 g/mol. The van der Waals surface area contributed by atoms with Crippen LogP contribution < -0.4 is 10.2 Å². The van der Waals surface area contributed by atoms with Crippen molar-refractivity contribution in [3.8, 4) is 0 Å². The highest BCUT2D eigenvalue weighted by molar-refractivity contribution is 5.32. The fourth-order valence-corrected chi connectivity index (χ4v) is 3.32. The van der Waals surface area contributed by atoms with E-state index in [1.165, 1.54) is 19.3 Å². The van der Waals surface area contributed by atoms with Gasteiger partial charge in [-0.3, -0.25) is 0 Å². The zero-order valence-corrected chi connectivity index (χ0v) is 12.0. The number of anilines is 1. The molecule has 1 saturated carbocycles. The SMILES string of the molecule is CC(C)NCc1cnc(N2CC3CCCC3C2)nc1. The molecule has 0 aromatic carbocycles. The van der Waals surface area contributed by atoms with Crippen LogP contribution in [-0.4, -0.2) is 29.1 Å². The van der Waals surface area contributed by atoms with Crippen LogP contribution in [0.1, 0.15) is 38.7 Å². The molecule has 0 bridgehead atoms. The molecule has 2 aliphatic rings. The molecular weight excluding hydrogens is 236 g/mol. The zero-order valence-electron chi connectivity index (χ0n) is 12.0. The minimum absolute atomic E-state index is 0.498. The average molecular weight is 260 g/mol. The van der Waals surface area contributed by atoms with Gasteiger partial charge in [-0.05, 0) is 24.7 Å². The van der Waals surface area contributed by atoms with E-state index in [0.717, 1.165) is 43.0 Å². The molecule has 2 heterocycles. The number of aromatic nitrogens is 2. The lowest BCUT2D eigenvalue weighted by molar-refractivity contribution is 0.494. The molecular formula is C15H24N4. The van der Waals surface area contributed by atoms with Crippen molar-refractivity contribution in [3.05, 3.63) is 18.0 Å². The van der Waals surface area contributed by atoms with Gasteiger partial charge in [-0.1, -0.05) is 20.3 Å². The molecule has 1 N–H and O–H groups in total. The summed E-state index contributed by atoms with van der Waals surface area (Å²) in [4.78, 5) is 11.5. The quantitative estimate of drug-likeness (QED) is 0.901. The maximum Gasteiger partial charge on any atom is 0.225 e. The second-order valence-corrected chi connectivity index (χ2v) is 6.28. The lowest BCUT2D eigenvalue weighted by Crippen LogP contribution is -2.24. The van der Waals surface area contributed by atoms with Crippen LogP contribution in [0.4, 0.5) is 5.95 Å². The molecule has 1 aliphatic heterocycles. The third-order valence-electron chi connectivity index (χ3n) is 4.42. The van der Waals surface area contributed by atoms with Gasteiger partial charge < -0.3 is 10.2 Å². The van der Waals surface area contributed by atoms with Crippen LogP contribution in [-0.2, 0) is 6.54 Å². The van der Waals surface area contributed by atoms with Crippen LogP contribution in [0.5, 0.6) is 0 Å². The molecule has 2 unspecified atom stereocenters. The Morgan fingerprint density at radius 3 is 2.42 bits per heavy atom.